The van der Waals surface area contributed by atoms with Gasteiger partial charge in [-0.3, -0.25) is 0 Å². The van der Waals surface area contributed by atoms with Crippen molar-refractivity contribution in [2.24, 2.45) is 7.05 Å². The van der Waals surface area contributed by atoms with Crippen LogP contribution >= 0.6 is 0 Å². The smallest absolute Gasteiger partial charge is 0.339 e. The van der Waals surface area contributed by atoms with Crippen LogP contribution in [0.4, 0.5) is 5.82 Å². The van der Waals surface area contributed by atoms with Gasteiger partial charge in [-0.25, -0.2) is 4.79 Å². The minimum atomic E-state index is -0.980. The normalized spacial score (nSPS) is 10.0. The number of carbonyl (C=O) groups is 1. The van der Waals surface area contributed by atoms with Crippen molar-refractivity contribution in [1.82, 2.24) is 4.57 Å². The molecule has 4 nitrogen and oxygen atoms in total. The van der Waals surface area contributed by atoms with Crippen molar-refractivity contribution < 1.29 is 9.90 Å². The third-order valence-electron chi connectivity index (χ3n) is 1.75. The van der Waals surface area contributed by atoms with Crippen LogP contribution in [-0.2, 0) is 7.05 Å². The van der Waals surface area contributed by atoms with Crippen LogP contribution in [0.25, 0.3) is 0 Å². The SMILES string of the molecule is Cc1cc(C(=O)O)c(N)n1C. The lowest BCUT2D eigenvalue weighted by atomic mass is 10.3. The number of carboxylic acid groups (broad SMARTS) is 1. The van der Waals surface area contributed by atoms with Gasteiger partial charge in [0.05, 0.1) is 0 Å². The Morgan fingerprint density at radius 2 is 2.27 bits per heavy atom. The molecule has 0 amide bonds. The Hall–Kier alpha value is -1.45. The maximum absolute atomic E-state index is 10.5. The third kappa shape index (κ3) is 1.07. The van der Waals surface area contributed by atoms with Gasteiger partial charge in [-0.2, -0.15) is 0 Å². The first-order valence-electron chi connectivity index (χ1n) is 3.19. The number of nitrogens with two attached hydrogens (primary N) is 1. The number of rotatable bonds is 1. The number of nitrogens with zero attached hydrogens (tertiary/aromatic N) is 1. The summed E-state index contributed by atoms with van der Waals surface area (Å²) in [4.78, 5) is 10.5. The Balaban J connectivity index is 3.29. The van der Waals surface area contributed by atoms with Gasteiger partial charge in [-0.1, -0.05) is 0 Å². The first kappa shape index (κ1) is 7.65. The average Bonchev–Trinajstić information content (AvgIpc) is 2.17. The summed E-state index contributed by atoms with van der Waals surface area (Å²) in [6, 6.07) is 1.55. The second-order valence-electron chi connectivity index (χ2n) is 2.45. The molecule has 4 heteroatoms. The molecule has 3 N–H and O–H groups in total. The fourth-order valence-corrected chi connectivity index (χ4v) is 0.922. The molecule has 11 heavy (non-hydrogen) atoms. The summed E-state index contributed by atoms with van der Waals surface area (Å²) in [6.07, 6.45) is 0. The van der Waals surface area contributed by atoms with Crippen molar-refractivity contribution in [2.75, 3.05) is 5.73 Å². The molecule has 1 rings (SSSR count). The zero-order chi connectivity index (χ0) is 8.59. The van der Waals surface area contributed by atoms with E-state index in [0.29, 0.717) is 5.82 Å². The number of aromatic carboxylic acids is 1. The van der Waals surface area contributed by atoms with Crippen LogP contribution in [0.3, 0.4) is 0 Å². The highest BCUT2D eigenvalue weighted by atomic mass is 16.4. The van der Waals surface area contributed by atoms with Gasteiger partial charge >= 0.3 is 5.97 Å². The number of anilines is 1. The molecule has 0 unspecified atom stereocenters. The van der Waals surface area contributed by atoms with Crippen LogP contribution in [0.5, 0.6) is 0 Å². The van der Waals surface area contributed by atoms with Crippen molar-refractivity contribution in [3.05, 3.63) is 17.3 Å². The van der Waals surface area contributed by atoms with Crippen molar-refractivity contribution >= 4 is 11.8 Å². The predicted octanol–water partition coefficient (Wildman–Crippen LogP) is 0.614. The van der Waals surface area contributed by atoms with E-state index in [4.69, 9.17) is 10.8 Å². The van der Waals surface area contributed by atoms with Gasteiger partial charge in [0.25, 0.3) is 0 Å². The first-order valence-corrected chi connectivity index (χ1v) is 3.19. The number of aryl methyl sites for hydroxylation is 1. The maximum atomic E-state index is 10.5. The van der Waals surface area contributed by atoms with Gasteiger partial charge in [-0.15, -0.1) is 0 Å². The van der Waals surface area contributed by atoms with Gasteiger partial charge in [0.1, 0.15) is 11.4 Å². The van der Waals surface area contributed by atoms with Gasteiger partial charge in [-0.05, 0) is 13.0 Å². The average molecular weight is 154 g/mol. The molecule has 0 atom stereocenters. The molecule has 1 heterocycles. The molecular formula is C7H10N2O2. The number of aromatic nitrogens is 1. The molecule has 0 bridgehead atoms. The van der Waals surface area contributed by atoms with E-state index in [1.54, 1.807) is 17.7 Å². The second-order valence-corrected chi connectivity index (χ2v) is 2.45. The van der Waals surface area contributed by atoms with Crippen LogP contribution in [0, 0.1) is 6.92 Å². The van der Waals surface area contributed by atoms with E-state index in [1.165, 1.54) is 0 Å². The van der Waals surface area contributed by atoms with E-state index in [1.807, 2.05) is 6.92 Å². The summed E-state index contributed by atoms with van der Waals surface area (Å²) in [6.45, 7) is 1.81. The van der Waals surface area contributed by atoms with Crippen molar-refractivity contribution in [2.45, 2.75) is 6.92 Å². The molecule has 0 saturated carbocycles. The van der Waals surface area contributed by atoms with E-state index in [2.05, 4.69) is 0 Å². The van der Waals surface area contributed by atoms with Crippen molar-refractivity contribution in [1.29, 1.82) is 0 Å². The summed E-state index contributed by atoms with van der Waals surface area (Å²) in [7, 11) is 1.73. The monoisotopic (exact) mass is 154 g/mol. The molecular weight excluding hydrogens is 144 g/mol. The Morgan fingerprint density at radius 3 is 2.45 bits per heavy atom. The first-order chi connectivity index (χ1) is 5.04. The molecule has 0 radical (unpaired) electrons. The number of nitrogen functional groups attached to an aromatic ring is 1. The maximum Gasteiger partial charge on any atom is 0.339 e. The van der Waals surface area contributed by atoms with Crippen molar-refractivity contribution in [3.8, 4) is 0 Å². The van der Waals surface area contributed by atoms with E-state index in [-0.39, 0.29) is 5.56 Å². The molecule has 0 saturated heterocycles. The van der Waals surface area contributed by atoms with Crippen molar-refractivity contribution in [3.63, 3.8) is 0 Å². The van der Waals surface area contributed by atoms with E-state index < -0.39 is 5.97 Å². The quantitative estimate of drug-likeness (QED) is 0.622. The highest BCUT2D eigenvalue weighted by Crippen LogP contribution is 2.15. The fraction of sp³-hybridized carbons (Fsp3) is 0.286. The van der Waals surface area contributed by atoms with Crippen LogP contribution in [0.1, 0.15) is 16.1 Å². The summed E-state index contributed by atoms with van der Waals surface area (Å²) in [5.74, 6) is -0.679. The zero-order valence-electron chi connectivity index (χ0n) is 6.46. The van der Waals surface area contributed by atoms with Gasteiger partial charge in [0.15, 0.2) is 0 Å². The van der Waals surface area contributed by atoms with Gasteiger partial charge in [0, 0.05) is 12.7 Å². The highest BCUT2D eigenvalue weighted by molar-refractivity contribution is 5.93. The largest absolute Gasteiger partial charge is 0.478 e. The zero-order valence-corrected chi connectivity index (χ0v) is 6.46. The molecule has 0 aliphatic heterocycles. The molecule has 0 aromatic carbocycles. The molecule has 0 aliphatic rings. The van der Waals surface area contributed by atoms with E-state index in [0.717, 1.165) is 5.69 Å². The second kappa shape index (κ2) is 2.30. The molecule has 0 fully saturated rings. The van der Waals surface area contributed by atoms with Crippen LogP contribution in [0.2, 0.25) is 0 Å². The molecule has 0 spiro atoms. The topological polar surface area (TPSA) is 68.2 Å². The summed E-state index contributed by atoms with van der Waals surface area (Å²) in [5.41, 5.74) is 6.50. The summed E-state index contributed by atoms with van der Waals surface area (Å²) < 4.78 is 1.64. The van der Waals surface area contributed by atoms with Crippen LogP contribution in [0.15, 0.2) is 6.07 Å². The lowest BCUT2D eigenvalue weighted by Gasteiger charge is -1.98. The Morgan fingerprint density at radius 1 is 1.73 bits per heavy atom. The lowest BCUT2D eigenvalue weighted by molar-refractivity contribution is 0.0698. The number of hydrogen-bond acceptors (Lipinski definition) is 2. The minimum absolute atomic E-state index is 0.171. The fourth-order valence-electron chi connectivity index (χ4n) is 0.922. The van der Waals surface area contributed by atoms with Crippen LogP contribution < -0.4 is 5.73 Å². The summed E-state index contributed by atoms with van der Waals surface area (Å²) in [5, 5.41) is 8.61. The third-order valence-corrected chi connectivity index (χ3v) is 1.75. The van der Waals surface area contributed by atoms with Gasteiger partial charge in [0.2, 0.25) is 0 Å². The lowest BCUT2D eigenvalue weighted by Crippen LogP contribution is -2.03. The van der Waals surface area contributed by atoms with E-state index >= 15 is 0 Å². The molecule has 1 aromatic rings. The Labute approximate surface area is 64.2 Å². The minimum Gasteiger partial charge on any atom is -0.478 e. The number of hydrogen-bond donors (Lipinski definition) is 2. The van der Waals surface area contributed by atoms with Gasteiger partial charge < -0.3 is 15.4 Å². The predicted molar refractivity (Wildman–Crippen MR) is 41.5 cm³/mol. The number of carboxylic acids is 1. The molecule has 0 aliphatic carbocycles. The molecule has 60 valence electrons. The Kier molecular flexibility index (Phi) is 1.60. The van der Waals surface area contributed by atoms with E-state index in [9.17, 15) is 4.79 Å². The van der Waals surface area contributed by atoms with Crippen LogP contribution in [-0.4, -0.2) is 15.6 Å². The summed E-state index contributed by atoms with van der Waals surface area (Å²) >= 11 is 0. The molecule has 1 aromatic heterocycles. The highest BCUT2D eigenvalue weighted by Gasteiger charge is 2.12. The standard InChI is InChI=1S/C7H10N2O2/c1-4-3-5(7(10)11)6(8)9(4)2/h3H,8H2,1-2H3,(H,10,11). The Bertz CT molecular complexity index is 302.